The van der Waals surface area contributed by atoms with Gasteiger partial charge in [0.1, 0.15) is 11.6 Å². The van der Waals surface area contributed by atoms with Crippen LogP contribution < -0.4 is 19.8 Å². The maximum Gasteiger partial charge on any atom is 0.244 e. The lowest BCUT2D eigenvalue weighted by atomic mass is 10.2. The van der Waals surface area contributed by atoms with Gasteiger partial charge in [-0.15, -0.1) is 0 Å². The van der Waals surface area contributed by atoms with Gasteiger partial charge in [0.05, 0.1) is 31.3 Å². The quantitative estimate of drug-likeness (QED) is 0.347. The van der Waals surface area contributed by atoms with E-state index in [9.17, 15) is 13.2 Å². The van der Waals surface area contributed by atoms with E-state index < -0.39 is 10.0 Å². The summed E-state index contributed by atoms with van der Waals surface area (Å²) in [5, 5.41) is 2.84. The second kappa shape index (κ2) is 13.7. The molecule has 0 saturated carbocycles. The Labute approximate surface area is 240 Å². The van der Waals surface area contributed by atoms with Gasteiger partial charge in [-0.05, 0) is 47.0 Å². The maximum absolute atomic E-state index is 12.8. The molecule has 0 radical (unpaired) electrons. The van der Waals surface area contributed by atoms with Gasteiger partial charge in [-0.25, -0.2) is 23.1 Å². The highest BCUT2D eigenvalue weighted by Crippen LogP contribution is 2.16. The van der Waals surface area contributed by atoms with Crippen LogP contribution in [0.5, 0.6) is 0 Å². The zero-order chi connectivity index (χ0) is 28.5. The summed E-state index contributed by atoms with van der Waals surface area (Å²) in [5.41, 5.74) is 2.37. The predicted molar refractivity (Wildman–Crippen MR) is 156 cm³/mol. The smallest absolute Gasteiger partial charge is 0.244 e. The molecule has 11 nitrogen and oxygen atoms in total. The fraction of sp³-hybridized carbons (Fsp3) is 0.345. The van der Waals surface area contributed by atoms with Crippen molar-refractivity contribution in [3.63, 3.8) is 0 Å². The largest absolute Gasteiger partial charge is 0.378 e. The Bertz CT molecular complexity index is 1420. The zero-order valence-electron chi connectivity index (χ0n) is 22.7. The molecule has 2 fully saturated rings. The third kappa shape index (κ3) is 8.10. The number of carbonyl (C=O) groups excluding carboxylic acids is 1. The van der Waals surface area contributed by atoms with Crippen molar-refractivity contribution in [1.29, 1.82) is 0 Å². The highest BCUT2D eigenvalue weighted by atomic mass is 32.2. The van der Waals surface area contributed by atoms with E-state index in [4.69, 9.17) is 9.47 Å². The summed E-state index contributed by atoms with van der Waals surface area (Å²) in [6.07, 6.45) is 6.51. The van der Waals surface area contributed by atoms with Gasteiger partial charge in [-0.1, -0.05) is 24.3 Å². The van der Waals surface area contributed by atoms with E-state index in [1.54, 1.807) is 30.6 Å². The number of benzene rings is 1. The van der Waals surface area contributed by atoms with Crippen molar-refractivity contribution in [2.75, 3.05) is 62.4 Å². The number of amides is 1. The lowest BCUT2D eigenvalue weighted by molar-refractivity contribution is -0.116. The molecule has 1 aromatic carbocycles. The Morgan fingerprint density at radius 2 is 1.32 bits per heavy atom. The molecule has 0 aliphatic carbocycles. The van der Waals surface area contributed by atoms with E-state index >= 15 is 0 Å². The highest BCUT2D eigenvalue weighted by Gasteiger charge is 2.15. The summed E-state index contributed by atoms with van der Waals surface area (Å²) in [5.74, 6) is 1.50. The number of ether oxygens (including phenoxy) is 2. The van der Waals surface area contributed by atoms with Gasteiger partial charge in [-0.3, -0.25) is 4.79 Å². The van der Waals surface area contributed by atoms with Crippen molar-refractivity contribution in [3.05, 3.63) is 83.7 Å². The maximum atomic E-state index is 12.8. The van der Waals surface area contributed by atoms with Gasteiger partial charge >= 0.3 is 0 Å². The van der Waals surface area contributed by atoms with Crippen LogP contribution >= 0.6 is 0 Å². The van der Waals surface area contributed by atoms with E-state index in [-0.39, 0.29) is 17.3 Å². The molecule has 5 rings (SSSR count). The number of sulfonamides is 1. The molecule has 41 heavy (non-hydrogen) atoms. The first-order valence-electron chi connectivity index (χ1n) is 13.6. The first-order valence-corrected chi connectivity index (χ1v) is 15.1. The standard InChI is InChI=1S/C29H34N6O5S/c36-29(32-21-24-3-8-27(30-19-24)34-11-15-39-16-12-34)10-5-23-1-6-26(7-2-23)41(37,38)33-22-25-4-9-28(31-20-25)35-13-17-40-18-14-35/h1-10,19-20,33H,11-18,21-22H2,(H,32,36)/b10-5+. The molecule has 0 unspecified atom stereocenters. The molecule has 2 aliphatic heterocycles. The van der Waals surface area contributed by atoms with Crippen molar-refractivity contribution < 1.29 is 22.7 Å². The van der Waals surface area contributed by atoms with Crippen molar-refractivity contribution >= 4 is 33.6 Å². The van der Waals surface area contributed by atoms with Crippen LogP contribution in [-0.2, 0) is 37.4 Å². The molecule has 0 spiro atoms. The molecule has 12 heteroatoms. The number of hydrogen-bond acceptors (Lipinski definition) is 9. The second-order valence-electron chi connectivity index (χ2n) is 9.69. The van der Waals surface area contributed by atoms with Crippen LogP contribution in [0.25, 0.3) is 6.08 Å². The number of aromatic nitrogens is 2. The zero-order valence-corrected chi connectivity index (χ0v) is 23.6. The van der Waals surface area contributed by atoms with E-state index in [2.05, 4.69) is 29.8 Å². The van der Waals surface area contributed by atoms with Crippen LogP contribution in [-0.4, -0.2) is 76.9 Å². The number of pyridine rings is 2. The molecule has 2 aromatic heterocycles. The van der Waals surface area contributed by atoms with Crippen LogP contribution in [0.2, 0.25) is 0 Å². The summed E-state index contributed by atoms with van der Waals surface area (Å²) < 4.78 is 38.9. The van der Waals surface area contributed by atoms with Gasteiger partial charge in [0.15, 0.2) is 0 Å². The fourth-order valence-corrected chi connectivity index (χ4v) is 5.46. The van der Waals surface area contributed by atoms with E-state index in [1.165, 1.54) is 18.2 Å². The van der Waals surface area contributed by atoms with Gasteiger partial charge in [0.2, 0.25) is 15.9 Å². The van der Waals surface area contributed by atoms with Crippen LogP contribution in [0.4, 0.5) is 11.6 Å². The molecular formula is C29H34N6O5S. The first kappa shape index (κ1) is 28.7. The Balaban J connectivity index is 1.08. The Hall–Kier alpha value is -3.84. The van der Waals surface area contributed by atoms with Crippen LogP contribution in [0, 0.1) is 0 Å². The van der Waals surface area contributed by atoms with Crippen LogP contribution in [0.3, 0.4) is 0 Å². The van der Waals surface area contributed by atoms with E-state index in [1.807, 2.05) is 24.3 Å². The van der Waals surface area contributed by atoms with Gasteiger partial charge < -0.3 is 24.6 Å². The summed E-state index contributed by atoms with van der Waals surface area (Å²) >= 11 is 0. The van der Waals surface area contributed by atoms with Gasteiger partial charge in [0.25, 0.3) is 0 Å². The molecule has 0 bridgehead atoms. The minimum absolute atomic E-state index is 0.131. The SMILES string of the molecule is O=C(/C=C/c1ccc(S(=O)(=O)NCc2ccc(N3CCOCC3)nc2)cc1)NCc1ccc(N2CCOCC2)nc1. The van der Waals surface area contributed by atoms with Gasteiger partial charge in [-0.2, -0.15) is 0 Å². The minimum Gasteiger partial charge on any atom is -0.378 e. The summed E-state index contributed by atoms with van der Waals surface area (Å²) in [6, 6.07) is 14.0. The molecule has 216 valence electrons. The number of carbonyl (C=O) groups is 1. The average molecular weight is 579 g/mol. The molecule has 2 N–H and O–H groups in total. The molecule has 2 saturated heterocycles. The number of nitrogens with one attached hydrogen (secondary N) is 2. The topological polar surface area (TPSA) is 126 Å². The van der Waals surface area contributed by atoms with E-state index in [0.717, 1.165) is 48.9 Å². The molecule has 3 aromatic rings. The highest BCUT2D eigenvalue weighted by molar-refractivity contribution is 7.89. The first-order chi connectivity index (χ1) is 20.0. The van der Waals surface area contributed by atoms with Crippen molar-refractivity contribution in [3.8, 4) is 0 Å². The van der Waals surface area contributed by atoms with Crippen molar-refractivity contribution in [2.45, 2.75) is 18.0 Å². The van der Waals surface area contributed by atoms with Crippen LogP contribution in [0.1, 0.15) is 16.7 Å². The number of anilines is 2. The van der Waals surface area contributed by atoms with Crippen LogP contribution in [0.15, 0.2) is 71.9 Å². The Kier molecular flexibility index (Phi) is 9.57. The molecule has 2 aliphatic rings. The lowest BCUT2D eigenvalue weighted by Crippen LogP contribution is -2.36. The van der Waals surface area contributed by atoms with E-state index in [0.29, 0.717) is 38.5 Å². The second-order valence-corrected chi connectivity index (χ2v) is 11.5. The molecular weight excluding hydrogens is 544 g/mol. The summed E-state index contributed by atoms with van der Waals surface area (Å²) in [4.78, 5) is 25.7. The Morgan fingerprint density at radius 3 is 1.83 bits per heavy atom. The number of hydrogen-bond donors (Lipinski definition) is 2. The third-order valence-electron chi connectivity index (χ3n) is 6.84. The normalized spacial score (nSPS) is 16.2. The van der Waals surface area contributed by atoms with Gasteiger partial charge in [0, 0.05) is 57.7 Å². The third-order valence-corrected chi connectivity index (χ3v) is 8.26. The molecule has 1 amide bonds. The van der Waals surface area contributed by atoms with Crippen molar-refractivity contribution in [2.24, 2.45) is 0 Å². The predicted octanol–water partition coefficient (Wildman–Crippen LogP) is 1.96. The fourth-order valence-electron chi connectivity index (χ4n) is 4.44. The average Bonchev–Trinajstić information content (AvgIpc) is 3.03. The van der Waals surface area contributed by atoms with Crippen molar-refractivity contribution in [1.82, 2.24) is 20.0 Å². The summed E-state index contributed by atoms with van der Waals surface area (Å²) in [6.45, 7) is 6.45. The monoisotopic (exact) mass is 578 g/mol. The number of rotatable bonds is 10. The number of morpholine rings is 2. The summed E-state index contributed by atoms with van der Waals surface area (Å²) in [7, 11) is -3.71. The Morgan fingerprint density at radius 1 is 0.780 bits per heavy atom. The molecule has 4 heterocycles. The number of nitrogens with zero attached hydrogens (tertiary/aromatic N) is 4. The minimum atomic E-state index is -3.71. The lowest BCUT2D eigenvalue weighted by Gasteiger charge is -2.27. The molecule has 0 atom stereocenters.